The average Bonchev–Trinajstić information content (AvgIpc) is 2.89. The molecule has 8 heteroatoms. The van der Waals surface area contributed by atoms with Gasteiger partial charge in [-0.25, -0.2) is 14.6 Å². The highest BCUT2D eigenvalue weighted by atomic mass is 16.5. The predicted molar refractivity (Wildman–Crippen MR) is 71.6 cm³/mol. The van der Waals surface area contributed by atoms with E-state index in [1.165, 1.54) is 29.6 Å². The third-order valence-corrected chi connectivity index (χ3v) is 3.33. The second-order valence-corrected chi connectivity index (χ2v) is 4.41. The number of ether oxygens (including phenoxy) is 1. The fourth-order valence-corrected chi connectivity index (χ4v) is 2.15. The van der Waals surface area contributed by atoms with Gasteiger partial charge in [0.2, 0.25) is 0 Å². The predicted octanol–water partition coefficient (Wildman–Crippen LogP) is -0.349. The summed E-state index contributed by atoms with van der Waals surface area (Å²) in [5.74, 6) is -0.486. The zero-order chi connectivity index (χ0) is 15.0. The summed E-state index contributed by atoms with van der Waals surface area (Å²) in [7, 11) is 2.81. The third-order valence-electron chi connectivity index (χ3n) is 3.33. The lowest BCUT2D eigenvalue weighted by Crippen LogP contribution is -2.39. The van der Waals surface area contributed by atoms with Gasteiger partial charge in [0.05, 0.1) is 13.4 Å². The summed E-state index contributed by atoms with van der Waals surface area (Å²) in [6.07, 6.45) is 1.37. The van der Waals surface area contributed by atoms with E-state index in [9.17, 15) is 14.4 Å². The first kappa shape index (κ1) is 14.0. The SMILES string of the molecule is CCn1c(=O)c2c(ncn2[C@@H](C)C(=O)OC)n(C)c1=O. The Labute approximate surface area is 114 Å². The molecule has 0 radical (unpaired) electrons. The number of esters is 1. The maximum absolute atomic E-state index is 12.4. The van der Waals surface area contributed by atoms with E-state index < -0.39 is 23.3 Å². The van der Waals surface area contributed by atoms with Gasteiger partial charge in [-0.1, -0.05) is 0 Å². The van der Waals surface area contributed by atoms with E-state index >= 15 is 0 Å². The van der Waals surface area contributed by atoms with Crippen molar-refractivity contribution in [2.45, 2.75) is 26.4 Å². The number of methoxy groups -OCH3 is 1. The van der Waals surface area contributed by atoms with Crippen molar-refractivity contribution in [3.8, 4) is 0 Å². The van der Waals surface area contributed by atoms with Crippen LogP contribution in [0.5, 0.6) is 0 Å². The number of carbonyl (C=O) groups excluding carboxylic acids is 1. The van der Waals surface area contributed by atoms with Gasteiger partial charge in [-0.2, -0.15) is 0 Å². The molecule has 8 nitrogen and oxygen atoms in total. The van der Waals surface area contributed by atoms with Crippen LogP contribution in [-0.2, 0) is 23.1 Å². The van der Waals surface area contributed by atoms with Gasteiger partial charge in [0, 0.05) is 13.6 Å². The number of aryl methyl sites for hydroxylation is 1. The molecule has 2 aromatic heterocycles. The summed E-state index contributed by atoms with van der Waals surface area (Å²) < 4.78 is 8.49. The van der Waals surface area contributed by atoms with Gasteiger partial charge in [-0.3, -0.25) is 13.9 Å². The molecule has 2 rings (SSSR count). The largest absolute Gasteiger partial charge is 0.467 e. The monoisotopic (exact) mass is 280 g/mol. The van der Waals surface area contributed by atoms with Gasteiger partial charge >= 0.3 is 11.7 Å². The third kappa shape index (κ3) is 1.84. The molecule has 108 valence electrons. The minimum atomic E-state index is -0.694. The van der Waals surface area contributed by atoms with Gasteiger partial charge in [0.15, 0.2) is 11.2 Å². The summed E-state index contributed by atoms with van der Waals surface area (Å²) in [4.78, 5) is 40.0. The first-order chi connectivity index (χ1) is 9.43. The maximum atomic E-state index is 12.4. The molecule has 0 unspecified atom stereocenters. The number of aromatic nitrogens is 4. The summed E-state index contributed by atoms with van der Waals surface area (Å²) in [6.45, 7) is 3.56. The lowest BCUT2D eigenvalue weighted by molar-refractivity contribution is -0.143. The molecule has 0 aliphatic heterocycles. The van der Waals surface area contributed by atoms with Gasteiger partial charge in [0.25, 0.3) is 5.56 Å². The number of fused-ring (bicyclic) bond motifs is 1. The van der Waals surface area contributed by atoms with Gasteiger partial charge in [-0.15, -0.1) is 0 Å². The Kier molecular flexibility index (Phi) is 3.47. The van der Waals surface area contributed by atoms with Crippen molar-refractivity contribution >= 4 is 17.1 Å². The number of nitrogens with zero attached hydrogens (tertiary/aromatic N) is 4. The quantitative estimate of drug-likeness (QED) is 0.717. The molecule has 0 amide bonds. The van der Waals surface area contributed by atoms with Gasteiger partial charge < -0.3 is 9.30 Å². The summed E-state index contributed by atoms with van der Waals surface area (Å²) in [5.41, 5.74) is -0.424. The van der Waals surface area contributed by atoms with Crippen molar-refractivity contribution in [1.29, 1.82) is 0 Å². The summed E-state index contributed by atoms with van der Waals surface area (Å²) in [5, 5.41) is 0. The topological polar surface area (TPSA) is 88.1 Å². The smallest absolute Gasteiger partial charge is 0.332 e. The lowest BCUT2D eigenvalue weighted by atomic mass is 10.3. The van der Waals surface area contributed by atoms with Crippen LogP contribution in [0.2, 0.25) is 0 Å². The van der Waals surface area contributed by atoms with E-state index in [-0.39, 0.29) is 17.7 Å². The number of hydrogen-bond acceptors (Lipinski definition) is 5. The first-order valence-corrected chi connectivity index (χ1v) is 6.18. The standard InChI is InChI=1S/C12H16N4O4/c1-5-15-10(17)8-9(14(3)12(15)19)13-6-16(8)7(2)11(18)20-4/h6-7H,5H2,1-4H3/t7-/m0/s1. The molecule has 0 N–H and O–H groups in total. The Morgan fingerprint density at radius 2 is 2.10 bits per heavy atom. The molecule has 0 bridgehead atoms. The van der Waals surface area contributed by atoms with E-state index in [1.807, 2.05) is 0 Å². The molecule has 0 saturated carbocycles. The minimum Gasteiger partial charge on any atom is -0.467 e. The molecule has 2 heterocycles. The Hall–Kier alpha value is -2.38. The second kappa shape index (κ2) is 4.95. The molecule has 20 heavy (non-hydrogen) atoms. The molecule has 0 aromatic carbocycles. The fourth-order valence-electron chi connectivity index (χ4n) is 2.15. The molecular formula is C12H16N4O4. The molecule has 0 aliphatic rings. The zero-order valence-corrected chi connectivity index (χ0v) is 11.8. The van der Waals surface area contributed by atoms with Crippen LogP contribution < -0.4 is 11.2 Å². The van der Waals surface area contributed by atoms with Crippen molar-refractivity contribution in [3.05, 3.63) is 27.2 Å². The van der Waals surface area contributed by atoms with E-state index in [2.05, 4.69) is 9.72 Å². The zero-order valence-electron chi connectivity index (χ0n) is 11.8. The Balaban J connectivity index is 2.85. The number of imidazole rings is 1. The van der Waals surface area contributed by atoms with Crippen LogP contribution in [0.25, 0.3) is 11.2 Å². The van der Waals surface area contributed by atoms with Crippen molar-refractivity contribution in [2.24, 2.45) is 7.05 Å². The second-order valence-electron chi connectivity index (χ2n) is 4.41. The highest BCUT2D eigenvalue weighted by molar-refractivity contribution is 5.78. The maximum Gasteiger partial charge on any atom is 0.332 e. The average molecular weight is 280 g/mol. The normalized spacial score (nSPS) is 12.6. The highest BCUT2D eigenvalue weighted by Gasteiger charge is 2.22. The molecule has 1 atom stereocenters. The molecule has 2 aromatic rings. The number of rotatable bonds is 3. The molecule has 0 fully saturated rings. The van der Waals surface area contributed by atoms with Crippen LogP contribution in [0.3, 0.4) is 0 Å². The molecule has 0 spiro atoms. The fraction of sp³-hybridized carbons (Fsp3) is 0.500. The number of hydrogen-bond donors (Lipinski definition) is 0. The summed E-state index contributed by atoms with van der Waals surface area (Å²) in [6, 6.07) is -0.694. The van der Waals surface area contributed by atoms with Crippen LogP contribution in [-0.4, -0.2) is 31.8 Å². The Bertz CT molecular complexity index is 783. The van der Waals surface area contributed by atoms with Crippen molar-refractivity contribution in [1.82, 2.24) is 18.7 Å². The van der Waals surface area contributed by atoms with Gasteiger partial charge in [0.1, 0.15) is 6.04 Å². The van der Waals surface area contributed by atoms with Crippen LogP contribution in [0.1, 0.15) is 19.9 Å². The Morgan fingerprint density at radius 3 is 2.65 bits per heavy atom. The Morgan fingerprint density at radius 1 is 1.45 bits per heavy atom. The van der Waals surface area contributed by atoms with Crippen LogP contribution in [0, 0.1) is 0 Å². The molecular weight excluding hydrogens is 264 g/mol. The number of carbonyl (C=O) groups is 1. The van der Waals surface area contributed by atoms with Crippen LogP contribution in [0.4, 0.5) is 0 Å². The highest BCUT2D eigenvalue weighted by Crippen LogP contribution is 2.14. The van der Waals surface area contributed by atoms with Crippen molar-refractivity contribution < 1.29 is 9.53 Å². The minimum absolute atomic E-state index is 0.215. The summed E-state index contributed by atoms with van der Waals surface area (Å²) >= 11 is 0. The van der Waals surface area contributed by atoms with Crippen molar-refractivity contribution in [3.63, 3.8) is 0 Å². The van der Waals surface area contributed by atoms with E-state index in [0.29, 0.717) is 0 Å². The first-order valence-electron chi connectivity index (χ1n) is 6.18. The lowest BCUT2D eigenvalue weighted by Gasteiger charge is -2.12. The molecule has 0 aliphatic carbocycles. The van der Waals surface area contributed by atoms with Crippen LogP contribution >= 0.6 is 0 Å². The van der Waals surface area contributed by atoms with Crippen molar-refractivity contribution in [2.75, 3.05) is 7.11 Å². The van der Waals surface area contributed by atoms with Crippen LogP contribution in [0.15, 0.2) is 15.9 Å². The van der Waals surface area contributed by atoms with Gasteiger partial charge in [-0.05, 0) is 13.8 Å². The van der Waals surface area contributed by atoms with E-state index in [0.717, 1.165) is 4.57 Å². The van der Waals surface area contributed by atoms with E-state index in [1.54, 1.807) is 13.8 Å². The molecule has 0 saturated heterocycles. The van der Waals surface area contributed by atoms with E-state index in [4.69, 9.17) is 0 Å².